The number of nitrogens with zero attached hydrogens (tertiary/aromatic N) is 3. The number of thiophene rings is 1. The highest BCUT2D eigenvalue weighted by Gasteiger charge is 2.25. The van der Waals surface area contributed by atoms with Crippen molar-refractivity contribution >= 4 is 39.1 Å². The second-order valence-electron chi connectivity index (χ2n) is 6.27. The Morgan fingerprint density at radius 2 is 2.22 bits per heavy atom. The van der Waals surface area contributed by atoms with Crippen molar-refractivity contribution < 1.29 is 9.84 Å². The molecule has 1 aliphatic carbocycles. The lowest BCUT2D eigenvalue weighted by Crippen LogP contribution is -2.09. The Morgan fingerprint density at radius 3 is 2.89 bits per heavy atom. The van der Waals surface area contributed by atoms with Gasteiger partial charge in [0.2, 0.25) is 10.0 Å². The summed E-state index contributed by atoms with van der Waals surface area (Å²) >= 11 is 1.04. The molecule has 0 saturated heterocycles. The minimum Gasteiger partial charge on any atom is -0.323 e. The van der Waals surface area contributed by atoms with E-state index in [1.807, 2.05) is 25.1 Å². The number of primary sulfonamides is 1. The van der Waals surface area contributed by atoms with Crippen LogP contribution in [0.1, 0.15) is 38.4 Å². The molecule has 8 nitrogen and oxygen atoms in total. The second kappa shape index (κ2) is 6.87. The highest BCUT2D eigenvalue weighted by molar-refractivity contribution is 7.91. The molecular formula is C17H20N6O2S2. The van der Waals surface area contributed by atoms with Crippen LogP contribution < -0.4 is 10.5 Å². The van der Waals surface area contributed by atoms with Crippen LogP contribution in [0.4, 0.5) is 11.6 Å². The normalized spacial score (nSPS) is 14.7. The molecule has 1 saturated carbocycles. The highest BCUT2D eigenvalue weighted by Crippen LogP contribution is 2.39. The molecule has 142 valence electrons. The van der Waals surface area contributed by atoms with Crippen LogP contribution in [0, 0.1) is 0 Å². The monoisotopic (exact) mass is 404 g/mol. The van der Waals surface area contributed by atoms with Crippen LogP contribution in [0.5, 0.6) is 0 Å². The minimum atomic E-state index is -3.74. The zero-order valence-electron chi connectivity index (χ0n) is 14.5. The van der Waals surface area contributed by atoms with Crippen LogP contribution in [0.3, 0.4) is 0 Å². The van der Waals surface area contributed by atoms with Gasteiger partial charge in [-0.25, -0.2) is 23.5 Å². The molecular weight excluding hydrogens is 384 g/mol. The Balaban J connectivity index is 0.00000225. The smallest absolute Gasteiger partial charge is 0.247 e. The standard InChI is InChI=1S/C17H18N6O2S2.H2/c1-2-3-11-9-19-17(13-6-7-15(26-13)27(18,24)25)21-16(11)20-14-8-12(22-23-14)10-4-5-10;/h2-3,6-10H,4-5H2,1H3,(H2,18,24,25)(H2,19,20,21,22,23);1H/b3-2-;. The van der Waals surface area contributed by atoms with E-state index < -0.39 is 10.0 Å². The number of H-pyrrole nitrogens is 1. The van der Waals surface area contributed by atoms with Gasteiger partial charge in [0.15, 0.2) is 11.6 Å². The third-order valence-electron chi connectivity index (χ3n) is 4.11. The molecule has 0 unspecified atom stereocenters. The van der Waals surface area contributed by atoms with Crippen LogP contribution in [-0.2, 0) is 10.0 Å². The number of hydrogen-bond donors (Lipinski definition) is 3. The molecule has 0 spiro atoms. The van der Waals surface area contributed by atoms with Gasteiger partial charge >= 0.3 is 0 Å². The molecule has 0 radical (unpaired) electrons. The largest absolute Gasteiger partial charge is 0.323 e. The summed E-state index contributed by atoms with van der Waals surface area (Å²) in [6.07, 6.45) is 7.86. The summed E-state index contributed by atoms with van der Waals surface area (Å²) in [7, 11) is -3.74. The molecule has 4 rings (SSSR count). The number of anilines is 2. The van der Waals surface area contributed by atoms with Crippen molar-refractivity contribution in [2.75, 3.05) is 5.32 Å². The Bertz CT molecular complexity index is 1120. The number of allylic oxidation sites excluding steroid dienone is 1. The van der Waals surface area contributed by atoms with Gasteiger partial charge in [0.1, 0.15) is 10.0 Å². The SMILES string of the molecule is C/C=C\c1cnc(-c2ccc(S(N)(=O)=O)s2)nc1Nc1cc(C2CC2)[nH]n1.[HH]. The molecule has 4 N–H and O–H groups in total. The molecule has 0 amide bonds. The van der Waals surface area contributed by atoms with Crippen molar-refractivity contribution in [3.8, 4) is 10.7 Å². The maximum absolute atomic E-state index is 11.5. The van der Waals surface area contributed by atoms with Crippen LogP contribution in [0.25, 0.3) is 16.8 Å². The predicted molar refractivity (Wildman–Crippen MR) is 107 cm³/mol. The highest BCUT2D eigenvalue weighted by atomic mass is 32.2. The summed E-state index contributed by atoms with van der Waals surface area (Å²) in [5, 5.41) is 15.8. The number of rotatable bonds is 6. The summed E-state index contributed by atoms with van der Waals surface area (Å²) in [5.74, 6) is 2.27. The number of sulfonamides is 1. The summed E-state index contributed by atoms with van der Waals surface area (Å²) in [4.78, 5) is 9.54. The van der Waals surface area contributed by atoms with Gasteiger partial charge in [-0.1, -0.05) is 12.2 Å². The van der Waals surface area contributed by atoms with Crippen molar-refractivity contribution in [2.45, 2.75) is 29.9 Å². The van der Waals surface area contributed by atoms with Gasteiger partial charge in [0, 0.05) is 30.9 Å². The molecule has 27 heavy (non-hydrogen) atoms. The van der Waals surface area contributed by atoms with Crippen LogP contribution in [0.15, 0.2) is 34.7 Å². The van der Waals surface area contributed by atoms with E-state index in [4.69, 9.17) is 5.14 Å². The van der Waals surface area contributed by atoms with Crippen molar-refractivity contribution in [1.29, 1.82) is 0 Å². The van der Waals surface area contributed by atoms with Crippen LogP contribution in [0.2, 0.25) is 0 Å². The van der Waals surface area contributed by atoms with E-state index in [1.165, 1.54) is 18.9 Å². The van der Waals surface area contributed by atoms with Crippen LogP contribution in [-0.4, -0.2) is 28.6 Å². The molecule has 0 aliphatic heterocycles. The minimum absolute atomic E-state index is 0. The van der Waals surface area contributed by atoms with Crippen molar-refractivity contribution in [2.24, 2.45) is 5.14 Å². The summed E-state index contributed by atoms with van der Waals surface area (Å²) in [5.41, 5.74) is 1.93. The third kappa shape index (κ3) is 3.92. The first-order valence-corrected chi connectivity index (χ1v) is 10.8. The first-order valence-electron chi connectivity index (χ1n) is 8.39. The van der Waals surface area contributed by atoms with Gasteiger partial charge in [-0.3, -0.25) is 5.10 Å². The Labute approximate surface area is 162 Å². The Kier molecular flexibility index (Phi) is 4.54. The average molecular weight is 405 g/mol. The zero-order chi connectivity index (χ0) is 19.0. The second-order valence-corrected chi connectivity index (χ2v) is 9.14. The third-order valence-corrected chi connectivity index (χ3v) is 6.63. The molecule has 1 fully saturated rings. The molecule has 0 aromatic carbocycles. The summed E-state index contributed by atoms with van der Waals surface area (Å²) in [6.45, 7) is 1.91. The molecule has 1 aliphatic rings. The lowest BCUT2D eigenvalue weighted by atomic mass is 10.2. The van der Waals surface area contributed by atoms with Gasteiger partial charge in [-0.05, 0) is 31.9 Å². The van der Waals surface area contributed by atoms with E-state index in [0.717, 1.165) is 22.6 Å². The Morgan fingerprint density at radius 1 is 1.41 bits per heavy atom. The van der Waals surface area contributed by atoms with E-state index in [0.29, 0.717) is 28.3 Å². The molecule has 3 heterocycles. The topological polar surface area (TPSA) is 127 Å². The maximum atomic E-state index is 11.5. The van der Waals surface area contributed by atoms with E-state index in [2.05, 4.69) is 25.5 Å². The van der Waals surface area contributed by atoms with Crippen molar-refractivity contribution in [1.82, 2.24) is 20.2 Å². The molecule has 3 aromatic heterocycles. The van der Waals surface area contributed by atoms with Crippen LogP contribution >= 0.6 is 11.3 Å². The summed E-state index contributed by atoms with van der Waals surface area (Å²) < 4.78 is 23.1. The number of aromatic amines is 1. The van der Waals surface area contributed by atoms with Crippen molar-refractivity contribution in [3.05, 3.63) is 41.7 Å². The number of aromatic nitrogens is 4. The maximum Gasteiger partial charge on any atom is 0.247 e. The lowest BCUT2D eigenvalue weighted by Gasteiger charge is -2.07. The first-order chi connectivity index (χ1) is 12.9. The average Bonchev–Trinajstić information content (AvgIpc) is 3.16. The van der Waals surface area contributed by atoms with E-state index >= 15 is 0 Å². The van der Waals surface area contributed by atoms with Gasteiger partial charge in [0.25, 0.3) is 0 Å². The number of nitrogens with one attached hydrogen (secondary N) is 2. The molecule has 0 atom stereocenters. The van der Waals surface area contributed by atoms with Gasteiger partial charge in [-0.15, -0.1) is 11.3 Å². The fraction of sp³-hybridized carbons (Fsp3) is 0.235. The fourth-order valence-electron chi connectivity index (χ4n) is 2.63. The van der Waals surface area contributed by atoms with Gasteiger partial charge in [0.05, 0.1) is 4.88 Å². The lowest BCUT2D eigenvalue weighted by molar-refractivity contribution is 0.600. The quantitative estimate of drug-likeness (QED) is 0.577. The number of hydrogen-bond acceptors (Lipinski definition) is 7. The zero-order valence-corrected chi connectivity index (χ0v) is 16.1. The predicted octanol–water partition coefficient (Wildman–Crippen LogP) is 3.48. The van der Waals surface area contributed by atoms with E-state index in [1.54, 1.807) is 12.3 Å². The van der Waals surface area contributed by atoms with Gasteiger partial charge < -0.3 is 5.32 Å². The molecule has 3 aromatic rings. The van der Waals surface area contributed by atoms with Gasteiger partial charge in [-0.2, -0.15) is 5.10 Å². The van der Waals surface area contributed by atoms with E-state index in [-0.39, 0.29) is 5.64 Å². The number of nitrogens with two attached hydrogens (primary N) is 1. The Hall–Kier alpha value is -2.56. The molecule has 10 heteroatoms. The van der Waals surface area contributed by atoms with Crippen molar-refractivity contribution in [3.63, 3.8) is 0 Å². The summed E-state index contributed by atoms with van der Waals surface area (Å²) in [6, 6.07) is 5.10. The first kappa shape index (κ1) is 17.8. The van der Waals surface area contributed by atoms with E-state index in [9.17, 15) is 8.42 Å². The molecule has 0 bridgehead atoms. The fourth-order valence-corrected chi connectivity index (χ4v) is 4.30.